The molecule has 3 aliphatic rings. The molecule has 1 aliphatic carbocycles. The summed E-state index contributed by atoms with van der Waals surface area (Å²) in [6.07, 6.45) is 0.472. The molecule has 2 aliphatic heterocycles. The summed E-state index contributed by atoms with van der Waals surface area (Å²) in [4.78, 5) is 15.9. The number of rotatable bonds is 2. The summed E-state index contributed by atoms with van der Waals surface area (Å²) >= 11 is 0. The van der Waals surface area contributed by atoms with Gasteiger partial charge >= 0.3 is 11.8 Å². The fourth-order valence-corrected chi connectivity index (χ4v) is 4.32. The summed E-state index contributed by atoms with van der Waals surface area (Å²) in [5, 5.41) is 3.91. The Bertz CT molecular complexity index is 1330. The Labute approximate surface area is 193 Å². The number of ether oxygens (including phenoxy) is 2. The molecule has 3 heterocycles. The van der Waals surface area contributed by atoms with Crippen LogP contribution in [0.4, 0.5) is 13.2 Å². The molecule has 0 radical (unpaired) electrons. The van der Waals surface area contributed by atoms with Crippen molar-refractivity contribution in [3.63, 3.8) is 0 Å². The molecule has 5 rings (SSSR count). The molecule has 0 saturated carbocycles. The molecule has 1 N–H and O–H groups in total. The quantitative estimate of drug-likeness (QED) is 0.627. The van der Waals surface area contributed by atoms with E-state index in [1.54, 1.807) is 18.2 Å². The number of halogens is 3. The van der Waals surface area contributed by atoms with Gasteiger partial charge in [0.05, 0.1) is 0 Å². The molecule has 34 heavy (non-hydrogen) atoms. The number of benzene rings is 1. The van der Waals surface area contributed by atoms with E-state index in [2.05, 4.69) is 10.3 Å². The number of nitrogens with one attached hydrogen (secondary N) is 1. The van der Waals surface area contributed by atoms with Crippen LogP contribution in [0.2, 0.25) is 0 Å². The lowest BCUT2D eigenvalue weighted by atomic mass is 9.90. The normalized spacial score (nSPS) is 21.9. The molecule has 0 bridgehead atoms. The maximum atomic E-state index is 12.9. The predicted octanol–water partition coefficient (Wildman–Crippen LogP) is 4.94. The van der Waals surface area contributed by atoms with E-state index in [4.69, 9.17) is 13.9 Å². The van der Waals surface area contributed by atoms with E-state index in [1.807, 2.05) is 19.9 Å². The zero-order valence-corrected chi connectivity index (χ0v) is 18.7. The molecule has 1 aromatic carbocycles. The number of allylic oxidation sites excluding steroid dienone is 4. The summed E-state index contributed by atoms with van der Waals surface area (Å²) in [6, 6.07) is 6.73. The number of hydrogen-bond donors (Lipinski definition) is 1. The highest BCUT2D eigenvalue weighted by atomic mass is 19.4. The molecule has 9 heteroatoms. The average molecular weight is 472 g/mol. The van der Waals surface area contributed by atoms with Gasteiger partial charge in [0, 0.05) is 41.3 Å². The molecule has 178 valence electrons. The van der Waals surface area contributed by atoms with E-state index >= 15 is 0 Å². The molecule has 2 aromatic rings. The predicted molar refractivity (Wildman–Crippen MR) is 121 cm³/mol. The summed E-state index contributed by atoms with van der Waals surface area (Å²) in [6.45, 7) is 4.08. The highest BCUT2D eigenvalue weighted by Gasteiger charge is 2.40. The van der Waals surface area contributed by atoms with Crippen LogP contribution in [0.15, 0.2) is 73.5 Å². The smallest absolute Gasteiger partial charge is 0.412 e. The van der Waals surface area contributed by atoms with E-state index in [1.165, 1.54) is 12.1 Å². The summed E-state index contributed by atoms with van der Waals surface area (Å²) < 4.78 is 56.5. The van der Waals surface area contributed by atoms with Gasteiger partial charge < -0.3 is 19.2 Å². The van der Waals surface area contributed by atoms with Crippen molar-refractivity contribution in [2.24, 2.45) is 4.99 Å². The van der Waals surface area contributed by atoms with Gasteiger partial charge in [0.2, 0.25) is 5.90 Å². The first kappa shape index (κ1) is 22.3. The van der Waals surface area contributed by atoms with Crippen LogP contribution in [0.25, 0.3) is 11.0 Å². The summed E-state index contributed by atoms with van der Waals surface area (Å²) in [7, 11) is 0. The second-order valence-corrected chi connectivity index (χ2v) is 9.04. The van der Waals surface area contributed by atoms with Gasteiger partial charge in [-0.15, -0.1) is 0 Å². The zero-order valence-electron chi connectivity index (χ0n) is 18.7. The first-order chi connectivity index (χ1) is 16.1. The van der Waals surface area contributed by atoms with E-state index in [-0.39, 0.29) is 25.6 Å². The van der Waals surface area contributed by atoms with E-state index in [0.717, 1.165) is 22.6 Å². The maximum Gasteiger partial charge on any atom is 0.412 e. The van der Waals surface area contributed by atoms with Crippen LogP contribution in [0, 0.1) is 0 Å². The topological polar surface area (TPSA) is 73.1 Å². The Morgan fingerprint density at radius 2 is 2.00 bits per heavy atom. The van der Waals surface area contributed by atoms with Crippen LogP contribution in [0.5, 0.6) is 5.75 Å². The Balaban J connectivity index is 1.37. The van der Waals surface area contributed by atoms with Gasteiger partial charge in [0.25, 0.3) is 0 Å². The second kappa shape index (κ2) is 8.07. The van der Waals surface area contributed by atoms with Crippen LogP contribution in [0.3, 0.4) is 0 Å². The first-order valence-electron chi connectivity index (χ1n) is 11.0. The van der Waals surface area contributed by atoms with E-state index in [0.29, 0.717) is 29.3 Å². The van der Waals surface area contributed by atoms with Crippen molar-refractivity contribution >= 4 is 16.9 Å². The van der Waals surface area contributed by atoms with Crippen molar-refractivity contribution in [3.05, 3.63) is 75.3 Å². The molecule has 0 unspecified atom stereocenters. The lowest BCUT2D eigenvalue weighted by Gasteiger charge is -2.40. The monoisotopic (exact) mass is 472 g/mol. The number of hydrogen-bond acceptors (Lipinski definition) is 6. The minimum absolute atomic E-state index is 0.0595. The highest BCUT2D eigenvalue weighted by Crippen LogP contribution is 2.38. The third-order valence-corrected chi connectivity index (χ3v) is 6.25. The van der Waals surface area contributed by atoms with Crippen molar-refractivity contribution in [3.8, 4) is 5.75 Å². The molecular weight excluding hydrogens is 449 g/mol. The number of alkyl halides is 3. The van der Waals surface area contributed by atoms with Gasteiger partial charge in [-0.05, 0) is 50.0 Å². The van der Waals surface area contributed by atoms with Gasteiger partial charge in [0.1, 0.15) is 29.7 Å². The summed E-state index contributed by atoms with van der Waals surface area (Å²) in [5.74, 6) is 1.03. The lowest BCUT2D eigenvalue weighted by Crippen LogP contribution is -2.49. The molecule has 0 amide bonds. The van der Waals surface area contributed by atoms with Gasteiger partial charge in [-0.1, -0.05) is 12.2 Å². The van der Waals surface area contributed by atoms with E-state index in [9.17, 15) is 18.0 Å². The number of nitrogens with zero attached hydrogens (tertiary/aromatic N) is 1. The van der Waals surface area contributed by atoms with Gasteiger partial charge in [-0.25, -0.2) is 9.79 Å². The molecule has 6 nitrogen and oxygen atoms in total. The van der Waals surface area contributed by atoms with Crippen LogP contribution in [0.1, 0.15) is 32.3 Å². The zero-order chi connectivity index (χ0) is 24.1. The van der Waals surface area contributed by atoms with Gasteiger partial charge in [-0.3, -0.25) is 0 Å². The van der Waals surface area contributed by atoms with Crippen molar-refractivity contribution in [2.75, 3.05) is 6.67 Å². The third kappa shape index (κ3) is 4.34. The summed E-state index contributed by atoms with van der Waals surface area (Å²) in [5.41, 5.74) is 1.22. The standard InChI is InChI=1S/C25H23F3N2O4/c1-24(2)21(10-16-9-15-5-8-23(31)32-19(15)12-20(16)34-24)33-22-11-18(29-13-30-22)14-3-6-17(7-4-14)25(26,27)28/h3,5-6,8-9,11-12,21,29H,4,7,10,13H2,1-2H3/t21-/m0/s1. The fourth-order valence-electron chi connectivity index (χ4n) is 4.32. The van der Waals surface area contributed by atoms with Gasteiger partial charge in [-0.2, -0.15) is 13.2 Å². The van der Waals surface area contributed by atoms with Crippen molar-refractivity contribution in [1.82, 2.24) is 5.32 Å². The molecule has 0 spiro atoms. The average Bonchev–Trinajstić information content (AvgIpc) is 2.78. The van der Waals surface area contributed by atoms with E-state index < -0.39 is 23.0 Å². The molecular formula is C25H23F3N2O4. The van der Waals surface area contributed by atoms with Crippen LogP contribution in [-0.2, 0) is 11.2 Å². The van der Waals surface area contributed by atoms with Crippen LogP contribution >= 0.6 is 0 Å². The SMILES string of the molecule is CC1(C)Oc2cc3oc(=O)ccc3cc2C[C@@H]1OC1=NCNC(C2=CC=C(C(F)(F)F)CC2)=C1. The Morgan fingerprint density at radius 1 is 1.18 bits per heavy atom. The minimum atomic E-state index is -4.30. The number of fused-ring (bicyclic) bond motifs is 2. The van der Waals surface area contributed by atoms with Crippen molar-refractivity contribution in [1.29, 1.82) is 0 Å². The number of aliphatic imine (C=N–C) groups is 1. The largest absolute Gasteiger partial charge is 0.484 e. The molecule has 1 aromatic heterocycles. The third-order valence-electron chi connectivity index (χ3n) is 6.25. The van der Waals surface area contributed by atoms with Crippen LogP contribution in [-0.4, -0.2) is 30.4 Å². The molecule has 1 atom stereocenters. The highest BCUT2D eigenvalue weighted by molar-refractivity contribution is 5.90. The molecule has 0 fully saturated rings. The van der Waals surface area contributed by atoms with Crippen molar-refractivity contribution < 1.29 is 27.1 Å². The second-order valence-electron chi connectivity index (χ2n) is 9.04. The lowest BCUT2D eigenvalue weighted by molar-refractivity contribution is -0.0941. The van der Waals surface area contributed by atoms with Crippen molar-refractivity contribution in [2.45, 2.75) is 51.0 Å². The fraction of sp³-hybridized carbons (Fsp3) is 0.360. The Morgan fingerprint density at radius 3 is 2.74 bits per heavy atom. The molecule has 0 saturated heterocycles. The maximum absolute atomic E-state index is 12.9. The van der Waals surface area contributed by atoms with Crippen LogP contribution < -0.4 is 15.7 Å². The Hall–Kier alpha value is -3.49. The minimum Gasteiger partial charge on any atom is -0.484 e. The Kier molecular flexibility index (Phi) is 5.30. The first-order valence-corrected chi connectivity index (χ1v) is 11.0. The van der Waals surface area contributed by atoms with Gasteiger partial charge in [0.15, 0.2) is 0 Å².